The van der Waals surface area contributed by atoms with E-state index in [0.717, 1.165) is 19.4 Å². The van der Waals surface area contributed by atoms with Crippen LogP contribution in [0.5, 0.6) is 0 Å². The van der Waals surface area contributed by atoms with Crippen LogP contribution in [0.25, 0.3) is 0 Å². The number of carbonyl (C=O) groups excluding carboxylic acids is 1. The average molecular weight is 266 g/mol. The van der Waals surface area contributed by atoms with E-state index in [0.29, 0.717) is 5.56 Å². The van der Waals surface area contributed by atoms with Crippen LogP contribution in [0, 0.1) is 5.82 Å². The normalized spacial score (nSPS) is 20.1. The predicted octanol–water partition coefficient (Wildman–Crippen LogP) is 2.16. The maximum absolute atomic E-state index is 13.6. The third-order valence-corrected chi connectivity index (χ3v) is 3.39. The molecule has 0 radical (unpaired) electrons. The van der Waals surface area contributed by atoms with Gasteiger partial charge >= 0.3 is 0 Å². The lowest BCUT2D eigenvalue weighted by Gasteiger charge is -2.20. The molecule has 1 aromatic carbocycles. The van der Waals surface area contributed by atoms with Crippen LogP contribution in [0.15, 0.2) is 18.2 Å². The van der Waals surface area contributed by atoms with Gasteiger partial charge in [-0.25, -0.2) is 4.39 Å². The molecule has 1 aromatic rings. The highest BCUT2D eigenvalue weighted by Crippen LogP contribution is 2.20. The second-order valence-electron chi connectivity index (χ2n) is 4.73. The van der Waals surface area contributed by atoms with Gasteiger partial charge in [-0.2, -0.15) is 0 Å². The molecule has 2 unspecified atom stereocenters. The van der Waals surface area contributed by atoms with Crippen molar-refractivity contribution in [2.45, 2.75) is 31.9 Å². The summed E-state index contributed by atoms with van der Waals surface area (Å²) in [5.41, 5.74) is 0.534. The first-order valence-corrected chi connectivity index (χ1v) is 6.52. The van der Waals surface area contributed by atoms with Crippen LogP contribution < -0.4 is 10.6 Å². The summed E-state index contributed by atoms with van der Waals surface area (Å²) < 4.78 is 19.1. The maximum Gasteiger partial charge on any atom is 0.253 e. The minimum Gasteiger partial charge on any atom is -0.385 e. The highest BCUT2D eigenvalue weighted by Gasteiger charge is 2.25. The molecule has 1 saturated heterocycles. The smallest absolute Gasteiger partial charge is 0.253 e. The molecule has 0 aliphatic carbocycles. The van der Waals surface area contributed by atoms with Gasteiger partial charge in [-0.15, -0.1) is 0 Å². The zero-order chi connectivity index (χ0) is 13.8. The Hall–Kier alpha value is -1.62. The molecule has 0 aromatic heterocycles. The van der Waals surface area contributed by atoms with Gasteiger partial charge in [-0.05, 0) is 31.9 Å². The summed E-state index contributed by atoms with van der Waals surface area (Å²) in [7, 11) is 1.60. The lowest BCUT2D eigenvalue weighted by molar-refractivity contribution is 0.0712. The molecule has 1 heterocycles. The van der Waals surface area contributed by atoms with Crippen LogP contribution in [-0.4, -0.2) is 31.7 Å². The zero-order valence-corrected chi connectivity index (χ0v) is 11.2. The van der Waals surface area contributed by atoms with Crippen molar-refractivity contribution < 1.29 is 13.9 Å². The topological polar surface area (TPSA) is 50.4 Å². The van der Waals surface area contributed by atoms with Crippen molar-refractivity contribution in [3.05, 3.63) is 29.6 Å². The number of para-hydroxylation sites is 1. The van der Waals surface area contributed by atoms with E-state index < -0.39 is 5.82 Å². The third-order valence-electron chi connectivity index (χ3n) is 3.39. The molecular formula is C14H19FN2O2. The second-order valence-corrected chi connectivity index (χ2v) is 4.73. The first-order chi connectivity index (χ1) is 9.13. The summed E-state index contributed by atoms with van der Waals surface area (Å²) in [4.78, 5) is 12.2. The highest BCUT2D eigenvalue weighted by atomic mass is 19.1. The SMILES string of the molecule is CNc1c(F)cccc1C(=O)NC(C)C1CCCO1. The number of hydrogen-bond donors (Lipinski definition) is 2. The summed E-state index contributed by atoms with van der Waals surface area (Å²) in [5, 5.41) is 5.59. The zero-order valence-electron chi connectivity index (χ0n) is 11.2. The molecule has 19 heavy (non-hydrogen) atoms. The van der Waals surface area contributed by atoms with E-state index in [4.69, 9.17) is 4.74 Å². The first kappa shape index (κ1) is 13.8. The fraction of sp³-hybridized carbons (Fsp3) is 0.500. The van der Waals surface area contributed by atoms with Gasteiger partial charge in [-0.1, -0.05) is 6.07 Å². The molecule has 104 valence electrons. The number of nitrogens with one attached hydrogen (secondary N) is 2. The second kappa shape index (κ2) is 6.02. The molecule has 1 aliphatic rings. The number of halogens is 1. The van der Waals surface area contributed by atoms with Crippen molar-refractivity contribution in [3.63, 3.8) is 0 Å². The van der Waals surface area contributed by atoms with Crippen molar-refractivity contribution in [1.82, 2.24) is 5.32 Å². The molecule has 1 amide bonds. The van der Waals surface area contributed by atoms with Gasteiger partial charge in [0.15, 0.2) is 0 Å². The third kappa shape index (κ3) is 3.04. The monoisotopic (exact) mass is 266 g/mol. The lowest BCUT2D eigenvalue weighted by Crippen LogP contribution is -2.41. The maximum atomic E-state index is 13.6. The molecule has 5 heteroatoms. The Morgan fingerprint density at radius 3 is 2.95 bits per heavy atom. The minimum atomic E-state index is -0.431. The van der Waals surface area contributed by atoms with Crippen molar-refractivity contribution in [3.8, 4) is 0 Å². The van der Waals surface area contributed by atoms with Crippen LogP contribution >= 0.6 is 0 Å². The molecule has 0 saturated carbocycles. The van der Waals surface area contributed by atoms with E-state index in [1.165, 1.54) is 12.1 Å². The summed E-state index contributed by atoms with van der Waals surface area (Å²) in [6.07, 6.45) is 2.02. The molecule has 2 atom stereocenters. The van der Waals surface area contributed by atoms with Crippen LogP contribution in [-0.2, 0) is 4.74 Å². The number of rotatable bonds is 4. The Morgan fingerprint density at radius 2 is 2.32 bits per heavy atom. The molecule has 4 nitrogen and oxygen atoms in total. The number of carbonyl (C=O) groups is 1. The van der Waals surface area contributed by atoms with Gasteiger partial charge in [-0.3, -0.25) is 4.79 Å². The number of amides is 1. The molecule has 1 fully saturated rings. The Bertz CT molecular complexity index is 459. The van der Waals surface area contributed by atoms with Crippen LogP contribution in [0.3, 0.4) is 0 Å². The summed E-state index contributed by atoms with van der Waals surface area (Å²) in [6.45, 7) is 2.65. The van der Waals surface area contributed by atoms with E-state index >= 15 is 0 Å². The Kier molecular flexibility index (Phi) is 4.37. The fourth-order valence-corrected chi connectivity index (χ4v) is 2.34. The van der Waals surface area contributed by atoms with E-state index in [1.54, 1.807) is 13.1 Å². The van der Waals surface area contributed by atoms with Gasteiger partial charge in [0.2, 0.25) is 0 Å². The Labute approximate surface area is 112 Å². The number of anilines is 1. The number of hydrogen-bond acceptors (Lipinski definition) is 3. The molecule has 2 N–H and O–H groups in total. The summed E-state index contributed by atoms with van der Waals surface area (Å²) >= 11 is 0. The van der Waals surface area contributed by atoms with Gasteiger partial charge in [0.05, 0.1) is 23.4 Å². The van der Waals surface area contributed by atoms with Gasteiger partial charge in [0.25, 0.3) is 5.91 Å². The number of ether oxygens (including phenoxy) is 1. The van der Waals surface area contributed by atoms with E-state index in [2.05, 4.69) is 10.6 Å². The minimum absolute atomic E-state index is 0.0514. The molecule has 0 bridgehead atoms. The first-order valence-electron chi connectivity index (χ1n) is 6.52. The Morgan fingerprint density at radius 1 is 1.53 bits per heavy atom. The quantitative estimate of drug-likeness (QED) is 0.878. The largest absolute Gasteiger partial charge is 0.385 e. The lowest BCUT2D eigenvalue weighted by atomic mass is 10.1. The summed E-state index contributed by atoms with van der Waals surface area (Å²) in [6, 6.07) is 4.38. The van der Waals surface area contributed by atoms with Gasteiger partial charge in [0, 0.05) is 13.7 Å². The summed E-state index contributed by atoms with van der Waals surface area (Å²) in [5.74, 6) is -0.716. The molecule has 2 rings (SSSR count). The van der Waals surface area contributed by atoms with Gasteiger partial charge < -0.3 is 15.4 Å². The molecular weight excluding hydrogens is 247 g/mol. The predicted molar refractivity (Wildman–Crippen MR) is 71.8 cm³/mol. The molecule has 0 spiro atoms. The van der Waals surface area contributed by atoms with Crippen molar-refractivity contribution in [1.29, 1.82) is 0 Å². The van der Waals surface area contributed by atoms with Crippen LogP contribution in [0.1, 0.15) is 30.1 Å². The fourth-order valence-electron chi connectivity index (χ4n) is 2.34. The van der Waals surface area contributed by atoms with Crippen LogP contribution in [0.2, 0.25) is 0 Å². The van der Waals surface area contributed by atoms with E-state index in [9.17, 15) is 9.18 Å². The molecule has 1 aliphatic heterocycles. The van der Waals surface area contributed by atoms with Crippen LogP contribution in [0.4, 0.5) is 10.1 Å². The average Bonchev–Trinajstić information content (AvgIpc) is 2.92. The van der Waals surface area contributed by atoms with Crippen molar-refractivity contribution >= 4 is 11.6 Å². The van der Waals surface area contributed by atoms with E-state index in [1.807, 2.05) is 6.92 Å². The Balaban J connectivity index is 2.09. The van der Waals surface area contributed by atoms with Gasteiger partial charge in [0.1, 0.15) is 5.82 Å². The van der Waals surface area contributed by atoms with Crippen molar-refractivity contribution in [2.75, 3.05) is 19.0 Å². The standard InChI is InChI=1S/C14H19FN2O2/c1-9(12-7-4-8-19-12)17-14(18)10-5-3-6-11(15)13(10)16-2/h3,5-6,9,12,16H,4,7-8H2,1-2H3,(H,17,18). The van der Waals surface area contributed by atoms with E-state index in [-0.39, 0.29) is 23.7 Å². The highest BCUT2D eigenvalue weighted by molar-refractivity contribution is 5.99. The number of benzene rings is 1. The van der Waals surface area contributed by atoms with Crippen molar-refractivity contribution in [2.24, 2.45) is 0 Å².